The topological polar surface area (TPSA) is 98.5 Å². The van der Waals surface area contributed by atoms with E-state index in [9.17, 15) is 34.8 Å². The number of hydrogen-bond donors (Lipinski definition) is 1. The molecular weight excluding hydrogens is 432 g/mol. The fraction of sp³-hybridized carbons (Fsp3) is 0.214. The third-order valence-electron chi connectivity index (χ3n) is 3.31. The van der Waals surface area contributed by atoms with E-state index in [0.29, 0.717) is 12.1 Å². The number of hydrogen-bond acceptors (Lipinski definition) is 6. The lowest BCUT2D eigenvalue weighted by molar-refractivity contribution is -0.154. The van der Waals surface area contributed by atoms with Crippen LogP contribution in [0.15, 0.2) is 41.7 Å². The summed E-state index contributed by atoms with van der Waals surface area (Å²) in [4.78, 5) is 5.93. The van der Waals surface area contributed by atoms with Gasteiger partial charge in [0.25, 0.3) is 16.0 Å². The fourth-order valence-corrected chi connectivity index (χ4v) is 3.54. The van der Waals surface area contributed by atoms with Gasteiger partial charge in [-0.15, -0.1) is 5.10 Å². The van der Waals surface area contributed by atoms with Crippen molar-refractivity contribution in [2.45, 2.75) is 17.2 Å². The van der Waals surface area contributed by atoms with Gasteiger partial charge in [-0.25, -0.2) is 22.6 Å². The van der Waals surface area contributed by atoms with Crippen LogP contribution in [-0.4, -0.2) is 40.8 Å². The molecular formula is C14H9F6N5O3S. The van der Waals surface area contributed by atoms with Gasteiger partial charge in [-0.3, -0.25) is 0 Å². The number of fused-ring (bicyclic) bond motifs is 1. The molecule has 0 aliphatic heterocycles. The van der Waals surface area contributed by atoms with Gasteiger partial charge in [0.15, 0.2) is 12.3 Å². The van der Waals surface area contributed by atoms with Crippen LogP contribution in [0.25, 0.3) is 5.65 Å². The molecule has 156 valence electrons. The van der Waals surface area contributed by atoms with Crippen LogP contribution in [0, 0.1) is 0 Å². The van der Waals surface area contributed by atoms with Crippen LogP contribution in [0.3, 0.4) is 0 Å². The number of halogens is 6. The zero-order valence-corrected chi connectivity index (χ0v) is 14.7. The molecule has 0 bridgehead atoms. The van der Waals surface area contributed by atoms with Crippen molar-refractivity contribution < 1.29 is 39.5 Å². The largest absolute Gasteiger partial charge is 0.483 e. The Balaban J connectivity index is 2.07. The third-order valence-corrected chi connectivity index (χ3v) is 4.72. The van der Waals surface area contributed by atoms with E-state index in [2.05, 4.69) is 19.8 Å². The van der Waals surface area contributed by atoms with Crippen LogP contribution < -0.4 is 9.46 Å². The molecule has 29 heavy (non-hydrogen) atoms. The van der Waals surface area contributed by atoms with Crippen molar-refractivity contribution in [2.24, 2.45) is 0 Å². The first kappa shape index (κ1) is 20.6. The minimum Gasteiger partial charge on any atom is -0.483 e. The molecule has 0 spiro atoms. The smallest absolute Gasteiger partial charge is 0.422 e. The zero-order valence-electron chi connectivity index (χ0n) is 13.9. The summed E-state index contributed by atoms with van der Waals surface area (Å²) in [5.41, 5.74) is -1.59. The number of benzene rings is 1. The molecule has 8 nitrogen and oxygen atoms in total. The molecule has 0 aliphatic carbocycles. The maximum absolute atomic E-state index is 13.3. The second-order valence-electron chi connectivity index (χ2n) is 5.46. The molecule has 1 N–H and O–H groups in total. The van der Waals surface area contributed by atoms with Gasteiger partial charge in [0.1, 0.15) is 17.0 Å². The number of nitrogens with one attached hydrogen (secondary N) is 1. The summed E-state index contributed by atoms with van der Waals surface area (Å²) in [5, 5.41) is 3.68. The molecule has 3 aromatic rings. The lowest BCUT2D eigenvalue weighted by Crippen LogP contribution is -2.24. The van der Waals surface area contributed by atoms with Crippen LogP contribution in [0.4, 0.5) is 32.3 Å². The second-order valence-corrected chi connectivity index (χ2v) is 7.08. The molecule has 2 heterocycles. The number of aromatic nitrogens is 4. The summed E-state index contributed by atoms with van der Waals surface area (Å²) in [6, 6.07) is 3.14. The Morgan fingerprint density at radius 3 is 2.45 bits per heavy atom. The van der Waals surface area contributed by atoms with Gasteiger partial charge in [0, 0.05) is 12.3 Å². The van der Waals surface area contributed by atoms with E-state index < -0.39 is 51.1 Å². The van der Waals surface area contributed by atoms with Crippen LogP contribution >= 0.6 is 0 Å². The summed E-state index contributed by atoms with van der Waals surface area (Å²) < 4.78 is 110. The SMILES string of the molecule is O=S(=O)(Nc1nc2ccncn2n1)c1c(OCC(F)(F)F)cccc1C(F)(F)F. The van der Waals surface area contributed by atoms with Crippen molar-refractivity contribution in [2.75, 3.05) is 11.3 Å². The van der Waals surface area contributed by atoms with Gasteiger partial charge in [-0.05, 0) is 12.1 Å². The molecule has 0 fully saturated rings. The summed E-state index contributed by atoms with van der Waals surface area (Å²) in [7, 11) is -5.09. The molecule has 0 saturated heterocycles. The number of sulfonamides is 1. The number of alkyl halides is 6. The van der Waals surface area contributed by atoms with Crippen LogP contribution in [0.1, 0.15) is 5.56 Å². The average Bonchev–Trinajstić information content (AvgIpc) is 2.99. The number of nitrogens with zero attached hydrogens (tertiary/aromatic N) is 4. The molecule has 0 radical (unpaired) electrons. The fourth-order valence-electron chi connectivity index (χ4n) is 2.25. The molecule has 0 unspecified atom stereocenters. The van der Waals surface area contributed by atoms with Gasteiger partial charge in [0.05, 0.1) is 5.56 Å². The lowest BCUT2D eigenvalue weighted by atomic mass is 10.2. The minimum absolute atomic E-state index is 0.121. The highest BCUT2D eigenvalue weighted by Gasteiger charge is 2.40. The number of rotatable bonds is 5. The van der Waals surface area contributed by atoms with E-state index >= 15 is 0 Å². The van der Waals surface area contributed by atoms with E-state index in [1.807, 2.05) is 0 Å². The van der Waals surface area contributed by atoms with Gasteiger partial charge < -0.3 is 4.74 Å². The Hall–Kier alpha value is -3.10. The third kappa shape index (κ3) is 4.67. The van der Waals surface area contributed by atoms with E-state index in [4.69, 9.17) is 0 Å². The molecule has 15 heteroatoms. The Morgan fingerprint density at radius 2 is 1.83 bits per heavy atom. The van der Waals surface area contributed by atoms with Crippen LogP contribution in [0.2, 0.25) is 0 Å². The predicted octanol–water partition coefficient (Wildman–Crippen LogP) is 2.89. The summed E-state index contributed by atoms with van der Waals surface area (Å²) in [6.45, 7) is -1.99. The minimum atomic E-state index is -5.20. The first-order valence-electron chi connectivity index (χ1n) is 7.46. The summed E-state index contributed by atoms with van der Waals surface area (Å²) in [5.74, 6) is -1.74. The molecule has 1 aromatic carbocycles. The predicted molar refractivity (Wildman–Crippen MR) is 84.6 cm³/mol. The lowest BCUT2D eigenvalue weighted by Gasteiger charge is -2.18. The Bertz CT molecular complexity index is 1110. The van der Waals surface area contributed by atoms with Gasteiger partial charge in [-0.1, -0.05) is 6.07 Å². The number of ether oxygens (including phenoxy) is 1. The van der Waals surface area contributed by atoms with Gasteiger partial charge in [0.2, 0.25) is 0 Å². The van der Waals surface area contributed by atoms with Crippen molar-refractivity contribution in [1.82, 2.24) is 19.6 Å². The molecule has 2 aromatic heterocycles. The zero-order chi connectivity index (χ0) is 21.4. The highest BCUT2D eigenvalue weighted by atomic mass is 32.2. The molecule has 0 saturated carbocycles. The van der Waals surface area contributed by atoms with E-state index in [1.54, 1.807) is 4.72 Å². The standard InChI is InChI=1S/C14H9F6N5O3S/c15-13(16,17)6-28-9-3-1-2-8(14(18,19)20)11(9)29(26,27)24-12-22-10-4-5-21-7-25(10)23-12/h1-5,7H,6H2,(H,23,24). The van der Waals surface area contributed by atoms with Crippen molar-refractivity contribution in [3.05, 3.63) is 42.4 Å². The van der Waals surface area contributed by atoms with Crippen molar-refractivity contribution in [3.63, 3.8) is 0 Å². The van der Waals surface area contributed by atoms with E-state index in [0.717, 1.165) is 16.9 Å². The Labute approximate surface area is 158 Å². The van der Waals surface area contributed by atoms with Crippen LogP contribution in [-0.2, 0) is 16.2 Å². The maximum Gasteiger partial charge on any atom is 0.422 e. The molecule has 0 atom stereocenters. The van der Waals surface area contributed by atoms with E-state index in [1.165, 1.54) is 12.3 Å². The molecule has 3 rings (SSSR count). The first-order valence-corrected chi connectivity index (χ1v) is 8.94. The maximum atomic E-state index is 13.3. The second kappa shape index (κ2) is 7.06. The highest BCUT2D eigenvalue weighted by molar-refractivity contribution is 7.92. The van der Waals surface area contributed by atoms with Crippen molar-refractivity contribution in [1.29, 1.82) is 0 Å². The van der Waals surface area contributed by atoms with Crippen molar-refractivity contribution >= 4 is 21.6 Å². The van der Waals surface area contributed by atoms with Crippen molar-refractivity contribution in [3.8, 4) is 5.75 Å². The quantitative estimate of drug-likeness (QED) is 0.612. The van der Waals surface area contributed by atoms with Gasteiger partial charge >= 0.3 is 12.4 Å². The normalized spacial score (nSPS) is 12.9. The summed E-state index contributed by atoms with van der Waals surface area (Å²) >= 11 is 0. The molecule has 0 amide bonds. The monoisotopic (exact) mass is 441 g/mol. The number of anilines is 1. The first-order chi connectivity index (χ1) is 13.4. The highest BCUT2D eigenvalue weighted by Crippen LogP contribution is 2.39. The Kier molecular flexibility index (Phi) is 5.02. The van der Waals surface area contributed by atoms with Crippen LogP contribution in [0.5, 0.6) is 5.75 Å². The average molecular weight is 441 g/mol. The van der Waals surface area contributed by atoms with E-state index in [-0.39, 0.29) is 5.65 Å². The molecule has 0 aliphatic rings. The summed E-state index contributed by atoms with van der Waals surface area (Å²) in [6.07, 6.45) is -7.64. The Morgan fingerprint density at radius 1 is 1.10 bits per heavy atom. The van der Waals surface area contributed by atoms with Gasteiger partial charge in [-0.2, -0.15) is 31.3 Å².